The van der Waals surface area contributed by atoms with Crippen molar-refractivity contribution in [1.82, 2.24) is 10.2 Å². The van der Waals surface area contributed by atoms with Crippen LogP contribution in [-0.2, 0) is 25.7 Å². The average Bonchev–Trinajstić information content (AvgIpc) is 3.02. The first-order valence-electron chi connectivity index (χ1n) is 10.7. The lowest BCUT2D eigenvalue weighted by Gasteiger charge is -2.28. The quantitative estimate of drug-likeness (QED) is 0.737. The van der Waals surface area contributed by atoms with E-state index in [-0.39, 0.29) is 42.5 Å². The molecule has 3 fully saturated rings. The molecule has 4 rings (SSSR count). The summed E-state index contributed by atoms with van der Waals surface area (Å²) in [7, 11) is 0. The Kier molecular flexibility index (Phi) is 6.13. The second-order valence-corrected chi connectivity index (χ2v) is 8.12. The van der Waals surface area contributed by atoms with E-state index in [0.717, 1.165) is 63.2 Å². The Hall–Kier alpha value is -2.41. The number of carbonyl (C=O) groups excluding carboxylic acids is 3. The molecular formula is C22H29N3O4. The Morgan fingerprint density at radius 2 is 1.62 bits per heavy atom. The SMILES string of the molecule is O=C(CCN1C(=O)C2CCCCC2C1=O)NCc1ccc(N2CCOCC2)cc1. The van der Waals surface area contributed by atoms with Crippen molar-refractivity contribution in [2.45, 2.75) is 38.6 Å². The minimum Gasteiger partial charge on any atom is -0.378 e. The van der Waals surface area contributed by atoms with Crippen molar-refractivity contribution >= 4 is 23.4 Å². The molecule has 29 heavy (non-hydrogen) atoms. The number of ether oxygens (including phenoxy) is 1. The van der Waals surface area contributed by atoms with Gasteiger partial charge in [-0.1, -0.05) is 25.0 Å². The van der Waals surface area contributed by atoms with Gasteiger partial charge in [0.2, 0.25) is 17.7 Å². The minimum atomic E-state index is -0.149. The summed E-state index contributed by atoms with van der Waals surface area (Å²) in [5, 5.41) is 2.89. The van der Waals surface area contributed by atoms with E-state index in [0.29, 0.717) is 6.54 Å². The molecule has 1 aromatic rings. The van der Waals surface area contributed by atoms with Gasteiger partial charge in [-0.2, -0.15) is 0 Å². The summed E-state index contributed by atoms with van der Waals surface area (Å²) in [5.74, 6) is -0.594. The number of nitrogens with zero attached hydrogens (tertiary/aromatic N) is 2. The van der Waals surface area contributed by atoms with Gasteiger partial charge in [0.05, 0.1) is 25.0 Å². The smallest absolute Gasteiger partial charge is 0.233 e. The fourth-order valence-electron chi connectivity index (χ4n) is 4.60. The standard InChI is InChI=1S/C22H29N3O4/c26-20(9-10-25-21(27)18-3-1-2-4-19(18)22(25)28)23-15-16-5-7-17(8-6-16)24-11-13-29-14-12-24/h5-8,18-19H,1-4,9-15H2,(H,23,26). The van der Waals surface area contributed by atoms with E-state index < -0.39 is 0 Å². The van der Waals surface area contributed by atoms with Crippen molar-refractivity contribution in [3.05, 3.63) is 29.8 Å². The number of benzene rings is 1. The number of likely N-dealkylation sites (tertiary alicyclic amines) is 1. The second-order valence-electron chi connectivity index (χ2n) is 8.12. The van der Waals surface area contributed by atoms with Crippen molar-refractivity contribution in [3.63, 3.8) is 0 Å². The maximum atomic E-state index is 12.5. The third-order valence-corrected chi connectivity index (χ3v) is 6.30. The number of morpholine rings is 1. The van der Waals surface area contributed by atoms with Gasteiger partial charge in [-0.3, -0.25) is 19.3 Å². The molecule has 0 radical (unpaired) electrons. The van der Waals surface area contributed by atoms with Crippen LogP contribution in [0.25, 0.3) is 0 Å². The van der Waals surface area contributed by atoms with Gasteiger partial charge in [-0.25, -0.2) is 0 Å². The highest BCUT2D eigenvalue weighted by atomic mass is 16.5. The molecule has 156 valence electrons. The number of hydrogen-bond acceptors (Lipinski definition) is 5. The van der Waals surface area contributed by atoms with Crippen LogP contribution in [0.4, 0.5) is 5.69 Å². The Morgan fingerprint density at radius 1 is 1.00 bits per heavy atom. The number of hydrogen-bond donors (Lipinski definition) is 1. The molecule has 1 aromatic carbocycles. The van der Waals surface area contributed by atoms with E-state index in [2.05, 4.69) is 22.3 Å². The molecule has 1 N–H and O–H groups in total. The largest absolute Gasteiger partial charge is 0.378 e. The summed E-state index contributed by atoms with van der Waals surface area (Å²) in [6, 6.07) is 8.17. The Morgan fingerprint density at radius 3 is 2.24 bits per heavy atom. The summed E-state index contributed by atoms with van der Waals surface area (Å²) in [5.41, 5.74) is 2.19. The summed E-state index contributed by atoms with van der Waals surface area (Å²) in [6.45, 7) is 3.92. The lowest BCUT2D eigenvalue weighted by Crippen LogP contribution is -2.36. The van der Waals surface area contributed by atoms with Crippen LogP contribution in [0.5, 0.6) is 0 Å². The normalized spacial score (nSPS) is 24.6. The number of amides is 3. The summed E-state index contributed by atoms with van der Waals surface area (Å²) >= 11 is 0. The highest BCUT2D eigenvalue weighted by Gasteiger charge is 2.47. The number of anilines is 1. The van der Waals surface area contributed by atoms with Gasteiger partial charge in [-0.15, -0.1) is 0 Å². The molecule has 2 heterocycles. The van der Waals surface area contributed by atoms with Gasteiger partial charge >= 0.3 is 0 Å². The van der Waals surface area contributed by atoms with Crippen molar-refractivity contribution < 1.29 is 19.1 Å². The molecule has 3 aliphatic rings. The molecule has 0 bridgehead atoms. The second kappa shape index (κ2) is 8.95. The van der Waals surface area contributed by atoms with Crippen LogP contribution in [0.3, 0.4) is 0 Å². The number of imide groups is 1. The predicted molar refractivity (Wildman–Crippen MR) is 108 cm³/mol. The van der Waals surface area contributed by atoms with Crippen LogP contribution < -0.4 is 10.2 Å². The first-order chi connectivity index (χ1) is 14.1. The van der Waals surface area contributed by atoms with Crippen molar-refractivity contribution in [2.75, 3.05) is 37.7 Å². The summed E-state index contributed by atoms with van der Waals surface area (Å²) in [4.78, 5) is 40.8. The van der Waals surface area contributed by atoms with E-state index in [1.54, 1.807) is 0 Å². The lowest BCUT2D eigenvalue weighted by molar-refractivity contribution is -0.140. The van der Waals surface area contributed by atoms with Crippen molar-refractivity contribution in [3.8, 4) is 0 Å². The molecule has 0 aromatic heterocycles. The zero-order valence-corrected chi connectivity index (χ0v) is 16.8. The molecule has 3 amide bonds. The molecule has 2 unspecified atom stereocenters. The van der Waals surface area contributed by atoms with Crippen LogP contribution >= 0.6 is 0 Å². The molecule has 0 spiro atoms. The monoisotopic (exact) mass is 399 g/mol. The van der Waals surface area contributed by atoms with Crippen LogP contribution in [0.2, 0.25) is 0 Å². The number of fused-ring (bicyclic) bond motifs is 1. The van der Waals surface area contributed by atoms with E-state index >= 15 is 0 Å². The molecule has 1 aliphatic carbocycles. The fourth-order valence-corrected chi connectivity index (χ4v) is 4.60. The van der Waals surface area contributed by atoms with Crippen molar-refractivity contribution in [2.24, 2.45) is 11.8 Å². The van der Waals surface area contributed by atoms with E-state index in [1.807, 2.05) is 12.1 Å². The molecule has 7 heteroatoms. The molecule has 2 aliphatic heterocycles. The lowest BCUT2D eigenvalue weighted by atomic mass is 9.81. The van der Waals surface area contributed by atoms with Gasteiger partial charge < -0.3 is 15.0 Å². The van der Waals surface area contributed by atoms with Gasteiger partial charge in [-0.05, 0) is 30.5 Å². The highest BCUT2D eigenvalue weighted by Crippen LogP contribution is 2.37. The summed E-state index contributed by atoms with van der Waals surface area (Å²) < 4.78 is 5.38. The van der Waals surface area contributed by atoms with Gasteiger partial charge in [0.25, 0.3) is 0 Å². The molecule has 1 saturated carbocycles. The summed E-state index contributed by atoms with van der Waals surface area (Å²) in [6.07, 6.45) is 3.79. The first kappa shape index (κ1) is 19.9. The molecule has 7 nitrogen and oxygen atoms in total. The first-order valence-corrected chi connectivity index (χ1v) is 10.7. The zero-order valence-electron chi connectivity index (χ0n) is 16.8. The van der Waals surface area contributed by atoms with E-state index in [1.165, 1.54) is 4.90 Å². The van der Waals surface area contributed by atoms with Gasteiger partial charge in [0.15, 0.2) is 0 Å². The van der Waals surface area contributed by atoms with Gasteiger partial charge in [0.1, 0.15) is 0 Å². The van der Waals surface area contributed by atoms with E-state index in [9.17, 15) is 14.4 Å². The van der Waals surface area contributed by atoms with Crippen molar-refractivity contribution in [1.29, 1.82) is 0 Å². The molecule has 2 atom stereocenters. The predicted octanol–water partition coefficient (Wildman–Crippen LogP) is 1.70. The van der Waals surface area contributed by atoms with E-state index in [4.69, 9.17) is 4.74 Å². The van der Waals surface area contributed by atoms with Crippen LogP contribution in [-0.4, -0.2) is 55.5 Å². The van der Waals surface area contributed by atoms with Crippen LogP contribution in [0.1, 0.15) is 37.7 Å². The Balaban J connectivity index is 1.23. The molecular weight excluding hydrogens is 370 g/mol. The maximum Gasteiger partial charge on any atom is 0.233 e. The Labute approximate surface area is 171 Å². The number of rotatable bonds is 6. The average molecular weight is 399 g/mol. The third-order valence-electron chi connectivity index (χ3n) is 6.30. The number of carbonyl (C=O) groups is 3. The number of nitrogens with one attached hydrogen (secondary N) is 1. The zero-order chi connectivity index (χ0) is 20.2. The van der Waals surface area contributed by atoms with Gasteiger partial charge in [0, 0.05) is 38.3 Å². The van der Waals surface area contributed by atoms with Crippen LogP contribution in [0.15, 0.2) is 24.3 Å². The minimum absolute atomic E-state index is 0.0776. The highest BCUT2D eigenvalue weighted by molar-refractivity contribution is 6.05. The van der Waals surface area contributed by atoms with Crippen LogP contribution in [0, 0.1) is 11.8 Å². The third kappa shape index (κ3) is 4.45. The molecule has 2 saturated heterocycles. The Bertz CT molecular complexity index is 734. The fraction of sp³-hybridized carbons (Fsp3) is 0.591. The maximum absolute atomic E-state index is 12.5. The topological polar surface area (TPSA) is 79.0 Å².